The second-order valence-corrected chi connectivity index (χ2v) is 3.29. The third-order valence-electron chi connectivity index (χ3n) is 1.90. The summed E-state index contributed by atoms with van der Waals surface area (Å²) in [6.07, 6.45) is 1.37. The average Bonchev–Trinajstić information content (AvgIpc) is 2.75. The van der Waals surface area contributed by atoms with Gasteiger partial charge in [-0.05, 0) is 13.0 Å². The van der Waals surface area contributed by atoms with E-state index in [2.05, 4.69) is 15.2 Å². The van der Waals surface area contributed by atoms with Crippen molar-refractivity contribution in [3.8, 4) is 0 Å². The molecule has 1 aromatic rings. The SMILES string of the molecule is CCOC(=O)CNC(=O)Cn1ccc(C(=O)O)n1. The maximum Gasteiger partial charge on any atom is 0.356 e. The Labute approximate surface area is 103 Å². The van der Waals surface area contributed by atoms with Gasteiger partial charge in [-0.2, -0.15) is 5.10 Å². The number of carbonyl (C=O) groups is 3. The van der Waals surface area contributed by atoms with Crippen molar-refractivity contribution in [2.75, 3.05) is 13.2 Å². The molecule has 0 saturated heterocycles. The molecule has 0 bridgehead atoms. The van der Waals surface area contributed by atoms with Gasteiger partial charge in [0.05, 0.1) is 6.61 Å². The fourth-order valence-corrected chi connectivity index (χ4v) is 1.15. The number of nitrogens with zero attached hydrogens (tertiary/aromatic N) is 2. The van der Waals surface area contributed by atoms with Gasteiger partial charge < -0.3 is 15.2 Å². The maximum absolute atomic E-state index is 11.4. The number of nitrogens with one attached hydrogen (secondary N) is 1. The predicted molar refractivity (Wildman–Crippen MR) is 58.8 cm³/mol. The molecule has 0 aliphatic carbocycles. The van der Waals surface area contributed by atoms with Gasteiger partial charge in [0, 0.05) is 6.20 Å². The summed E-state index contributed by atoms with van der Waals surface area (Å²) >= 11 is 0. The Balaban J connectivity index is 2.39. The topological polar surface area (TPSA) is 111 Å². The highest BCUT2D eigenvalue weighted by Gasteiger charge is 2.10. The molecule has 2 N–H and O–H groups in total. The molecule has 0 spiro atoms. The van der Waals surface area contributed by atoms with Crippen LogP contribution in [0.5, 0.6) is 0 Å². The molecule has 18 heavy (non-hydrogen) atoms. The van der Waals surface area contributed by atoms with Gasteiger partial charge in [-0.1, -0.05) is 0 Å². The van der Waals surface area contributed by atoms with Crippen LogP contribution in [0, 0.1) is 0 Å². The Hall–Kier alpha value is -2.38. The van der Waals surface area contributed by atoms with Gasteiger partial charge in [0.25, 0.3) is 0 Å². The summed E-state index contributed by atoms with van der Waals surface area (Å²) in [5.74, 6) is -2.15. The predicted octanol–water partition coefficient (Wildman–Crippen LogP) is -0.739. The molecule has 0 radical (unpaired) electrons. The summed E-state index contributed by atoms with van der Waals surface area (Å²) < 4.78 is 5.79. The van der Waals surface area contributed by atoms with Gasteiger partial charge in [0.15, 0.2) is 5.69 Å². The van der Waals surface area contributed by atoms with E-state index in [1.54, 1.807) is 6.92 Å². The molecular formula is C10H13N3O5. The van der Waals surface area contributed by atoms with Crippen molar-refractivity contribution < 1.29 is 24.2 Å². The summed E-state index contributed by atoms with van der Waals surface area (Å²) in [5, 5.41) is 14.6. The number of ether oxygens (including phenoxy) is 1. The number of carboxylic acid groups (broad SMARTS) is 1. The zero-order chi connectivity index (χ0) is 13.5. The van der Waals surface area contributed by atoms with Crippen LogP contribution in [0.2, 0.25) is 0 Å². The quantitative estimate of drug-likeness (QED) is 0.648. The fraction of sp³-hybridized carbons (Fsp3) is 0.400. The minimum Gasteiger partial charge on any atom is -0.476 e. The molecule has 0 aliphatic rings. The number of amides is 1. The van der Waals surface area contributed by atoms with E-state index in [1.165, 1.54) is 16.9 Å². The molecule has 0 unspecified atom stereocenters. The standard InChI is InChI=1S/C10H13N3O5/c1-2-18-9(15)5-11-8(14)6-13-4-3-7(12-13)10(16)17/h3-4H,2,5-6H2,1H3,(H,11,14)(H,16,17). The molecule has 8 heteroatoms. The highest BCUT2D eigenvalue weighted by Crippen LogP contribution is 1.95. The first-order valence-corrected chi connectivity index (χ1v) is 5.22. The summed E-state index contributed by atoms with van der Waals surface area (Å²) in [6, 6.07) is 1.28. The molecule has 0 atom stereocenters. The average molecular weight is 255 g/mol. The van der Waals surface area contributed by atoms with E-state index in [4.69, 9.17) is 5.11 Å². The van der Waals surface area contributed by atoms with Gasteiger partial charge >= 0.3 is 11.9 Å². The van der Waals surface area contributed by atoms with E-state index >= 15 is 0 Å². The van der Waals surface area contributed by atoms with Crippen LogP contribution in [0.15, 0.2) is 12.3 Å². The van der Waals surface area contributed by atoms with Crippen LogP contribution < -0.4 is 5.32 Å². The lowest BCUT2D eigenvalue weighted by Crippen LogP contribution is -2.33. The fourth-order valence-electron chi connectivity index (χ4n) is 1.15. The first-order chi connectivity index (χ1) is 8.52. The van der Waals surface area contributed by atoms with E-state index in [1.807, 2.05) is 0 Å². The van der Waals surface area contributed by atoms with Crippen LogP contribution >= 0.6 is 0 Å². The maximum atomic E-state index is 11.4. The smallest absolute Gasteiger partial charge is 0.356 e. The van der Waals surface area contributed by atoms with Crippen molar-refractivity contribution in [1.82, 2.24) is 15.1 Å². The number of aromatic nitrogens is 2. The van der Waals surface area contributed by atoms with Gasteiger partial charge in [0.1, 0.15) is 13.1 Å². The zero-order valence-corrected chi connectivity index (χ0v) is 9.75. The zero-order valence-electron chi connectivity index (χ0n) is 9.75. The molecule has 0 saturated carbocycles. The van der Waals surface area contributed by atoms with Crippen molar-refractivity contribution in [3.63, 3.8) is 0 Å². The first-order valence-electron chi connectivity index (χ1n) is 5.22. The molecule has 0 aromatic carbocycles. The second-order valence-electron chi connectivity index (χ2n) is 3.29. The van der Waals surface area contributed by atoms with Crippen molar-refractivity contribution in [2.45, 2.75) is 13.5 Å². The monoisotopic (exact) mass is 255 g/mol. The third-order valence-corrected chi connectivity index (χ3v) is 1.90. The normalized spacial score (nSPS) is 9.83. The highest BCUT2D eigenvalue weighted by molar-refractivity contribution is 5.85. The van der Waals surface area contributed by atoms with Crippen LogP contribution in [-0.4, -0.2) is 45.9 Å². The van der Waals surface area contributed by atoms with Gasteiger partial charge in [-0.3, -0.25) is 14.3 Å². The van der Waals surface area contributed by atoms with Crippen LogP contribution in [0.4, 0.5) is 0 Å². The van der Waals surface area contributed by atoms with E-state index in [0.717, 1.165) is 0 Å². The molecule has 1 amide bonds. The van der Waals surface area contributed by atoms with E-state index in [-0.39, 0.29) is 25.4 Å². The lowest BCUT2D eigenvalue weighted by molar-refractivity contribution is -0.143. The van der Waals surface area contributed by atoms with Crippen molar-refractivity contribution in [3.05, 3.63) is 18.0 Å². The Morgan fingerprint density at radius 1 is 1.50 bits per heavy atom. The largest absolute Gasteiger partial charge is 0.476 e. The molecule has 0 aliphatic heterocycles. The van der Waals surface area contributed by atoms with E-state index < -0.39 is 17.8 Å². The molecule has 1 rings (SSSR count). The number of hydrogen-bond acceptors (Lipinski definition) is 5. The number of aromatic carboxylic acids is 1. The summed E-state index contributed by atoms with van der Waals surface area (Å²) in [4.78, 5) is 32.9. The van der Waals surface area contributed by atoms with Crippen LogP contribution in [0.3, 0.4) is 0 Å². The molecular weight excluding hydrogens is 242 g/mol. The minimum atomic E-state index is -1.17. The Morgan fingerprint density at radius 3 is 2.78 bits per heavy atom. The summed E-state index contributed by atoms with van der Waals surface area (Å²) in [7, 11) is 0. The second kappa shape index (κ2) is 6.38. The Morgan fingerprint density at radius 2 is 2.22 bits per heavy atom. The molecule has 1 heterocycles. The highest BCUT2D eigenvalue weighted by atomic mass is 16.5. The van der Waals surface area contributed by atoms with E-state index in [9.17, 15) is 14.4 Å². The van der Waals surface area contributed by atoms with Gasteiger partial charge in [-0.15, -0.1) is 0 Å². The minimum absolute atomic E-state index is 0.145. The number of esters is 1. The van der Waals surface area contributed by atoms with Crippen molar-refractivity contribution >= 4 is 17.8 Å². The molecule has 0 fully saturated rings. The number of carboxylic acids is 1. The molecule has 8 nitrogen and oxygen atoms in total. The summed E-state index contributed by atoms with van der Waals surface area (Å²) in [5.41, 5.74) is -0.145. The van der Waals surface area contributed by atoms with Crippen LogP contribution in [-0.2, 0) is 20.9 Å². The van der Waals surface area contributed by atoms with Gasteiger partial charge in [0.2, 0.25) is 5.91 Å². The third kappa shape index (κ3) is 4.24. The first kappa shape index (κ1) is 13.7. The number of hydrogen-bond donors (Lipinski definition) is 2. The number of rotatable bonds is 6. The lowest BCUT2D eigenvalue weighted by atomic mass is 10.4. The molecule has 1 aromatic heterocycles. The lowest BCUT2D eigenvalue weighted by Gasteiger charge is -2.04. The van der Waals surface area contributed by atoms with Crippen molar-refractivity contribution in [1.29, 1.82) is 0 Å². The van der Waals surface area contributed by atoms with Crippen molar-refractivity contribution in [2.24, 2.45) is 0 Å². The molecule has 98 valence electrons. The summed E-state index contributed by atoms with van der Waals surface area (Å²) in [6.45, 7) is 1.53. The van der Waals surface area contributed by atoms with Crippen LogP contribution in [0.1, 0.15) is 17.4 Å². The number of carbonyl (C=O) groups excluding carboxylic acids is 2. The van der Waals surface area contributed by atoms with E-state index in [0.29, 0.717) is 0 Å². The Kier molecular flexibility index (Phi) is 4.85. The Bertz CT molecular complexity index is 454. The van der Waals surface area contributed by atoms with Gasteiger partial charge in [-0.25, -0.2) is 4.79 Å². The van der Waals surface area contributed by atoms with Crippen LogP contribution in [0.25, 0.3) is 0 Å².